The lowest BCUT2D eigenvalue weighted by molar-refractivity contribution is -0.384. The summed E-state index contributed by atoms with van der Waals surface area (Å²) in [6, 6.07) is 22.2. The molecule has 0 atom stereocenters. The van der Waals surface area contributed by atoms with Crippen LogP contribution >= 0.6 is 0 Å². The van der Waals surface area contributed by atoms with Crippen LogP contribution in [0, 0.1) is 10.1 Å². The summed E-state index contributed by atoms with van der Waals surface area (Å²) in [5.74, 6) is -1.03. The van der Waals surface area contributed by atoms with Crippen molar-refractivity contribution in [1.29, 1.82) is 0 Å². The molecule has 0 aromatic heterocycles. The highest BCUT2D eigenvalue weighted by Gasteiger charge is 2.21. The van der Waals surface area contributed by atoms with E-state index in [4.69, 9.17) is 0 Å². The molecule has 7 nitrogen and oxygen atoms in total. The third-order valence-corrected chi connectivity index (χ3v) is 4.30. The molecule has 3 aromatic rings. The average molecular weight is 389 g/mol. The number of carbonyl (C=O) groups excluding carboxylic acids is 2. The van der Waals surface area contributed by atoms with Crippen molar-refractivity contribution in [2.75, 3.05) is 0 Å². The van der Waals surface area contributed by atoms with Crippen LogP contribution in [-0.2, 0) is 13.1 Å². The molecule has 0 unspecified atom stereocenters. The Morgan fingerprint density at radius 1 is 0.724 bits per heavy atom. The normalized spacial score (nSPS) is 10.2. The molecule has 0 aliphatic heterocycles. The van der Waals surface area contributed by atoms with Crippen LogP contribution in [0.5, 0.6) is 0 Å². The number of hydrogen-bond donors (Lipinski definition) is 2. The van der Waals surface area contributed by atoms with Crippen LogP contribution in [0.4, 0.5) is 5.69 Å². The van der Waals surface area contributed by atoms with E-state index in [1.54, 1.807) is 0 Å². The average Bonchev–Trinajstić information content (AvgIpc) is 2.76. The molecule has 0 spiro atoms. The molecule has 2 amide bonds. The van der Waals surface area contributed by atoms with Gasteiger partial charge in [-0.2, -0.15) is 0 Å². The lowest BCUT2D eigenvalue weighted by atomic mass is 10.0. The molecule has 2 N–H and O–H groups in total. The predicted molar refractivity (Wildman–Crippen MR) is 108 cm³/mol. The topological polar surface area (TPSA) is 101 Å². The Morgan fingerprint density at radius 2 is 1.21 bits per heavy atom. The van der Waals surface area contributed by atoms with Gasteiger partial charge in [-0.3, -0.25) is 19.7 Å². The van der Waals surface area contributed by atoms with Crippen molar-refractivity contribution < 1.29 is 14.5 Å². The fourth-order valence-electron chi connectivity index (χ4n) is 2.78. The van der Waals surface area contributed by atoms with E-state index in [0.717, 1.165) is 17.2 Å². The van der Waals surface area contributed by atoms with Crippen LogP contribution in [0.15, 0.2) is 78.9 Å². The van der Waals surface area contributed by atoms with Crippen LogP contribution in [0.3, 0.4) is 0 Å². The Balaban J connectivity index is 1.79. The first-order valence-electron chi connectivity index (χ1n) is 8.97. The number of benzene rings is 3. The summed E-state index contributed by atoms with van der Waals surface area (Å²) in [6.45, 7) is 0.523. The zero-order valence-corrected chi connectivity index (χ0v) is 15.5. The Hall–Kier alpha value is -4.00. The molecule has 0 saturated carbocycles. The van der Waals surface area contributed by atoms with E-state index >= 15 is 0 Å². The largest absolute Gasteiger partial charge is 0.348 e. The molecule has 0 bridgehead atoms. The van der Waals surface area contributed by atoms with E-state index in [-0.39, 0.29) is 29.9 Å². The van der Waals surface area contributed by atoms with Gasteiger partial charge >= 0.3 is 0 Å². The third-order valence-electron chi connectivity index (χ3n) is 4.30. The number of nitrogens with one attached hydrogen (secondary N) is 2. The van der Waals surface area contributed by atoms with E-state index in [9.17, 15) is 19.7 Å². The first kappa shape index (κ1) is 19.8. The second-order valence-corrected chi connectivity index (χ2v) is 6.32. The van der Waals surface area contributed by atoms with E-state index in [1.807, 2.05) is 60.7 Å². The SMILES string of the molecule is O=C(NCc1ccccc1)c1ccc([N+](=O)[O-])cc1C(=O)NCc1ccccc1. The lowest BCUT2D eigenvalue weighted by Crippen LogP contribution is -2.29. The monoisotopic (exact) mass is 389 g/mol. The number of carbonyl (C=O) groups is 2. The molecule has 0 aliphatic carbocycles. The van der Waals surface area contributed by atoms with Crippen LogP contribution in [-0.4, -0.2) is 16.7 Å². The second-order valence-electron chi connectivity index (χ2n) is 6.32. The van der Waals surface area contributed by atoms with Gasteiger partial charge in [0.25, 0.3) is 17.5 Å². The van der Waals surface area contributed by atoms with Gasteiger partial charge in [-0.1, -0.05) is 60.7 Å². The molecule has 0 fully saturated rings. The second kappa shape index (κ2) is 9.27. The maximum Gasteiger partial charge on any atom is 0.270 e. The van der Waals surface area contributed by atoms with Crippen LogP contribution in [0.2, 0.25) is 0 Å². The zero-order valence-electron chi connectivity index (χ0n) is 15.5. The summed E-state index contributed by atoms with van der Waals surface area (Å²) in [5, 5.41) is 16.6. The van der Waals surface area contributed by atoms with Gasteiger partial charge in [-0.25, -0.2) is 0 Å². The van der Waals surface area contributed by atoms with Crippen molar-refractivity contribution in [2.45, 2.75) is 13.1 Å². The van der Waals surface area contributed by atoms with Crippen molar-refractivity contribution in [1.82, 2.24) is 10.6 Å². The van der Waals surface area contributed by atoms with E-state index < -0.39 is 16.7 Å². The first-order valence-corrected chi connectivity index (χ1v) is 8.97. The number of non-ortho nitro benzene ring substituents is 1. The minimum Gasteiger partial charge on any atom is -0.348 e. The summed E-state index contributed by atoms with van der Waals surface area (Å²) >= 11 is 0. The van der Waals surface area contributed by atoms with Crippen molar-refractivity contribution in [3.8, 4) is 0 Å². The molecule has 146 valence electrons. The maximum absolute atomic E-state index is 12.7. The summed E-state index contributed by atoms with van der Waals surface area (Å²) in [5.41, 5.74) is 1.56. The van der Waals surface area contributed by atoms with Crippen molar-refractivity contribution in [3.63, 3.8) is 0 Å². The standard InChI is InChI=1S/C22H19N3O4/c26-21(23-14-16-7-3-1-4-8-16)19-12-11-18(25(28)29)13-20(19)22(27)24-15-17-9-5-2-6-10-17/h1-13H,14-15H2,(H,23,26)(H,24,27). The van der Waals surface area contributed by atoms with Crippen molar-refractivity contribution in [2.24, 2.45) is 0 Å². The minimum absolute atomic E-state index is 0.0410. The van der Waals surface area contributed by atoms with Crippen LogP contribution in [0.1, 0.15) is 31.8 Å². The molecule has 0 heterocycles. The quantitative estimate of drug-likeness (QED) is 0.477. The lowest BCUT2D eigenvalue weighted by Gasteiger charge is -2.11. The smallest absolute Gasteiger partial charge is 0.270 e. The van der Waals surface area contributed by atoms with Gasteiger partial charge < -0.3 is 10.6 Å². The first-order chi connectivity index (χ1) is 14.0. The number of rotatable bonds is 7. The van der Waals surface area contributed by atoms with Crippen LogP contribution in [0.25, 0.3) is 0 Å². The molecular weight excluding hydrogens is 370 g/mol. The Morgan fingerprint density at radius 3 is 1.69 bits per heavy atom. The predicted octanol–water partition coefficient (Wildman–Crippen LogP) is 3.45. The van der Waals surface area contributed by atoms with Crippen LogP contribution < -0.4 is 10.6 Å². The maximum atomic E-state index is 12.7. The highest BCUT2D eigenvalue weighted by Crippen LogP contribution is 2.18. The number of nitro benzene ring substituents is 1. The van der Waals surface area contributed by atoms with E-state index in [0.29, 0.717) is 0 Å². The Kier molecular flexibility index (Phi) is 6.32. The van der Waals surface area contributed by atoms with Gasteiger partial charge in [0, 0.05) is 25.2 Å². The molecule has 3 aromatic carbocycles. The van der Waals surface area contributed by atoms with Gasteiger partial charge in [0.05, 0.1) is 16.1 Å². The molecule has 0 saturated heterocycles. The zero-order chi connectivity index (χ0) is 20.6. The van der Waals surface area contributed by atoms with Gasteiger partial charge in [-0.05, 0) is 17.2 Å². The number of hydrogen-bond acceptors (Lipinski definition) is 4. The van der Waals surface area contributed by atoms with E-state index in [1.165, 1.54) is 12.1 Å². The minimum atomic E-state index is -0.598. The fourth-order valence-corrected chi connectivity index (χ4v) is 2.78. The Bertz CT molecular complexity index is 1020. The fraction of sp³-hybridized carbons (Fsp3) is 0.0909. The highest BCUT2D eigenvalue weighted by atomic mass is 16.6. The van der Waals surface area contributed by atoms with Crippen molar-refractivity contribution >= 4 is 17.5 Å². The molecule has 0 radical (unpaired) electrons. The van der Waals surface area contributed by atoms with Gasteiger partial charge in [0.1, 0.15) is 0 Å². The highest BCUT2D eigenvalue weighted by molar-refractivity contribution is 6.07. The summed E-state index contributed by atoms with van der Waals surface area (Å²) in [4.78, 5) is 35.8. The summed E-state index contributed by atoms with van der Waals surface area (Å²) in [6.07, 6.45) is 0. The summed E-state index contributed by atoms with van der Waals surface area (Å²) < 4.78 is 0. The number of amides is 2. The van der Waals surface area contributed by atoms with Gasteiger partial charge in [-0.15, -0.1) is 0 Å². The molecule has 7 heteroatoms. The molecule has 0 aliphatic rings. The third kappa shape index (κ3) is 5.26. The molecule has 29 heavy (non-hydrogen) atoms. The Labute approximate surface area is 167 Å². The molecular formula is C22H19N3O4. The number of nitro groups is 1. The van der Waals surface area contributed by atoms with E-state index in [2.05, 4.69) is 10.6 Å². The van der Waals surface area contributed by atoms with Gasteiger partial charge in [0.15, 0.2) is 0 Å². The number of nitrogens with zero attached hydrogens (tertiary/aromatic N) is 1. The van der Waals surface area contributed by atoms with Gasteiger partial charge in [0.2, 0.25) is 0 Å². The van der Waals surface area contributed by atoms with Crippen molar-refractivity contribution in [3.05, 3.63) is 111 Å². The summed E-state index contributed by atoms with van der Waals surface area (Å²) in [7, 11) is 0. The molecule has 3 rings (SSSR count).